The van der Waals surface area contributed by atoms with Crippen LogP contribution in [0.2, 0.25) is 0 Å². The number of hydrogen-bond donors (Lipinski definition) is 2. The lowest BCUT2D eigenvalue weighted by atomic mass is 10.1. The van der Waals surface area contributed by atoms with E-state index in [4.69, 9.17) is 5.73 Å². The largest absolute Gasteiger partial charge is 0.353 e. The molecule has 0 saturated carbocycles. The van der Waals surface area contributed by atoms with Crippen LogP contribution in [0, 0.1) is 0 Å². The highest BCUT2D eigenvalue weighted by Crippen LogP contribution is 2.07. The summed E-state index contributed by atoms with van der Waals surface area (Å²) in [6.07, 6.45) is 5.67. The van der Waals surface area contributed by atoms with E-state index in [0.29, 0.717) is 0 Å². The zero-order chi connectivity index (χ0) is 11.8. The minimum atomic E-state index is -0.327. The predicted octanol–water partition coefficient (Wildman–Crippen LogP) is 0.716. The summed E-state index contributed by atoms with van der Waals surface area (Å²) < 4.78 is 0. The molecule has 0 aromatic heterocycles. The molecule has 0 spiro atoms. The first-order chi connectivity index (χ1) is 7.74. The molecule has 4 nitrogen and oxygen atoms in total. The Morgan fingerprint density at radius 3 is 2.69 bits per heavy atom. The van der Waals surface area contributed by atoms with E-state index in [0.717, 1.165) is 25.9 Å². The summed E-state index contributed by atoms with van der Waals surface area (Å²) in [7, 11) is 0. The number of nitrogens with two attached hydrogens (primary N) is 1. The van der Waals surface area contributed by atoms with Gasteiger partial charge in [0, 0.05) is 13.1 Å². The summed E-state index contributed by atoms with van der Waals surface area (Å²) in [5.74, 6) is -0.00106. The number of piperidine rings is 1. The van der Waals surface area contributed by atoms with Gasteiger partial charge in [-0.3, -0.25) is 4.79 Å². The first kappa shape index (κ1) is 13.5. The maximum Gasteiger partial charge on any atom is 0.236 e. The van der Waals surface area contributed by atoms with Crippen LogP contribution in [-0.4, -0.2) is 43.0 Å². The molecule has 0 bridgehead atoms. The number of rotatable bonds is 6. The van der Waals surface area contributed by atoms with Crippen molar-refractivity contribution < 1.29 is 4.79 Å². The Morgan fingerprint density at radius 2 is 2.06 bits per heavy atom. The van der Waals surface area contributed by atoms with Gasteiger partial charge in [0.05, 0.1) is 6.04 Å². The van der Waals surface area contributed by atoms with Crippen LogP contribution in [0.5, 0.6) is 0 Å². The molecule has 0 aromatic carbocycles. The minimum absolute atomic E-state index is 0.00106. The Labute approximate surface area is 98.6 Å². The highest BCUT2D eigenvalue weighted by atomic mass is 16.2. The zero-order valence-corrected chi connectivity index (χ0v) is 10.4. The maximum absolute atomic E-state index is 11.5. The number of carbonyl (C=O) groups is 1. The number of nitrogens with one attached hydrogen (secondary N) is 1. The summed E-state index contributed by atoms with van der Waals surface area (Å²) in [5.41, 5.74) is 5.72. The van der Waals surface area contributed by atoms with E-state index in [-0.39, 0.29) is 11.9 Å². The lowest BCUT2D eigenvalue weighted by Crippen LogP contribution is -2.44. The Morgan fingerprint density at radius 1 is 1.38 bits per heavy atom. The average molecular weight is 227 g/mol. The third-order valence-corrected chi connectivity index (χ3v) is 3.11. The van der Waals surface area contributed by atoms with Crippen molar-refractivity contribution in [1.82, 2.24) is 10.2 Å². The molecule has 0 aliphatic carbocycles. The van der Waals surface area contributed by atoms with Gasteiger partial charge >= 0.3 is 0 Å². The van der Waals surface area contributed by atoms with Crippen LogP contribution in [0.3, 0.4) is 0 Å². The molecule has 4 heteroatoms. The maximum atomic E-state index is 11.5. The molecule has 1 fully saturated rings. The van der Waals surface area contributed by atoms with Gasteiger partial charge in [0.2, 0.25) is 5.91 Å². The highest BCUT2D eigenvalue weighted by Gasteiger charge is 2.13. The lowest BCUT2D eigenvalue weighted by molar-refractivity contribution is -0.122. The van der Waals surface area contributed by atoms with Gasteiger partial charge in [0.25, 0.3) is 0 Å². The van der Waals surface area contributed by atoms with Gasteiger partial charge in [-0.1, -0.05) is 19.8 Å². The van der Waals surface area contributed by atoms with Gasteiger partial charge in [-0.05, 0) is 32.4 Å². The van der Waals surface area contributed by atoms with E-state index >= 15 is 0 Å². The van der Waals surface area contributed by atoms with Crippen LogP contribution in [0.25, 0.3) is 0 Å². The van der Waals surface area contributed by atoms with Crippen LogP contribution in [0.15, 0.2) is 0 Å². The number of nitrogens with zero attached hydrogens (tertiary/aromatic N) is 1. The van der Waals surface area contributed by atoms with Crippen LogP contribution < -0.4 is 11.1 Å². The second-order valence-corrected chi connectivity index (χ2v) is 4.59. The van der Waals surface area contributed by atoms with E-state index in [1.807, 2.05) is 6.92 Å². The quantitative estimate of drug-likeness (QED) is 0.703. The van der Waals surface area contributed by atoms with Crippen molar-refractivity contribution in [2.24, 2.45) is 5.73 Å². The van der Waals surface area contributed by atoms with Crippen molar-refractivity contribution in [3.8, 4) is 0 Å². The van der Waals surface area contributed by atoms with Crippen molar-refractivity contribution in [1.29, 1.82) is 0 Å². The molecule has 1 aliphatic heterocycles. The fourth-order valence-corrected chi connectivity index (χ4v) is 2.09. The molecule has 0 aromatic rings. The third-order valence-electron chi connectivity index (χ3n) is 3.11. The summed E-state index contributed by atoms with van der Waals surface area (Å²) in [6, 6.07) is -0.327. The molecular formula is C12H25N3O. The Kier molecular flexibility index (Phi) is 6.42. The summed E-state index contributed by atoms with van der Waals surface area (Å²) in [5, 5.41) is 2.91. The monoisotopic (exact) mass is 227 g/mol. The number of likely N-dealkylation sites (tertiary alicyclic amines) is 1. The van der Waals surface area contributed by atoms with Gasteiger partial charge in [-0.15, -0.1) is 0 Å². The Bertz CT molecular complexity index is 202. The van der Waals surface area contributed by atoms with Crippen molar-refractivity contribution in [3.05, 3.63) is 0 Å². The fraction of sp³-hybridized carbons (Fsp3) is 0.917. The summed E-state index contributed by atoms with van der Waals surface area (Å²) >= 11 is 0. The molecule has 0 unspecified atom stereocenters. The SMILES string of the molecule is CCC[C@H](N)C(=O)NCCN1CCCCC1. The number of hydrogen-bond acceptors (Lipinski definition) is 3. The molecule has 16 heavy (non-hydrogen) atoms. The van der Waals surface area contributed by atoms with E-state index in [9.17, 15) is 4.79 Å². The van der Waals surface area contributed by atoms with E-state index in [2.05, 4.69) is 10.2 Å². The molecule has 1 aliphatic rings. The molecule has 1 atom stereocenters. The van der Waals surface area contributed by atoms with Crippen LogP contribution in [0.4, 0.5) is 0 Å². The van der Waals surface area contributed by atoms with Crippen LogP contribution in [0.1, 0.15) is 39.0 Å². The fourth-order valence-electron chi connectivity index (χ4n) is 2.09. The van der Waals surface area contributed by atoms with Crippen molar-refractivity contribution in [2.75, 3.05) is 26.2 Å². The molecule has 94 valence electrons. The second kappa shape index (κ2) is 7.63. The molecule has 1 rings (SSSR count). The lowest BCUT2D eigenvalue weighted by Gasteiger charge is -2.26. The number of amides is 1. The van der Waals surface area contributed by atoms with Crippen molar-refractivity contribution in [2.45, 2.75) is 45.1 Å². The Hall–Kier alpha value is -0.610. The standard InChI is InChI=1S/C12H25N3O/c1-2-6-11(13)12(16)14-7-10-15-8-4-3-5-9-15/h11H,2-10,13H2,1H3,(H,14,16)/t11-/m0/s1. The molecule has 3 N–H and O–H groups in total. The predicted molar refractivity (Wildman–Crippen MR) is 66.2 cm³/mol. The van der Waals surface area contributed by atoms with Gasteiger partial charge in [-0.25, -0.2) is 0 Å². The molecule has 0 radical (unpaired) electrons. The van der Waals surface area contributed by atoms with E-state index in [1.54, 1.807) is 0 Å². The number of carbonyl (C=O) groups excluding carboxylic acids is 1. The van der Waals surface area contributed by atoms with Crippen molar-refractivity contribution >= 4 is 5.91 Å². The van der Waals surface area contributed by atoms with Gasteiger partial charge < -0.3 is 16.0 Å². The van der Waals surface area contributed by atoms with E-state index < -0.39 is 0 Å². The summed E-state index contributed by atoms with van der Waals surface area (Å²) in [4.78, 5) is 13.9. The third kappa shape index (κ3) is 4.94. The van der Waals surface area contributed by atoms with Gasteiger partial charge in [-0.2, -0.15) is 0 Å². The first-order valence-corrected chi connectivity index (χ1v) is 6.49. The zero-order valence-electron chi connectivity index (χ0n) is 10.4. The first-order valence-electron chi connectivity index (χ1n) is 6.49. The molecular weight excluding hydrogens is 202 g/mol. The molecule has 1 heterocycles. The minimum Gasteiger partial charge on any atom is -0.353 e. The summed E-state index contributed by atoms with van der Waals surface area (Å²) in [6.45, 7) is 6.09. The smallest absolute Gasteiger partial charge is 0.236 e. The van der Waals surface area contributed by atoms with Gasteiger partial charge in [0.1, 0.15) is 0 Å². The highest BCUT2D eigenvalue weighted by molar-refractivity contribution is 5.81. The van der Waals surface area contributed by atoms with Crippen LogP contribution in [-0.2, 0) is 4.79 Å². The topological polar surface area (TPSA) is 58.4 Å². The Balaban J connectivity index is 2.07. The van der Waals surface area contributed by atoms with Gasteiger partial charge in [0.15, 0.2) is 0 Å². The average Bonchev–Trinajstić information content (AvgIpc) is 2.30. The van der Waals surface area contributed by atoms with E-state index in [1.165, 1.54) is 32.4 Å². The van der Waals surface area contributed by atoms with Crippen molar-refractivity contribution in [3.63, 3.8) is 0 Å². The normalized spacial score (nSPS) is 19.4. The molecule has 1 amide bonds. The second-order valence-electron chi connectivity index (χ2n) is 4.59. The van der Waals surface area contributed by atoms with Crippen LogP contribution >= 0.6 is 0 Å². The molecule has 1 saturated heterocycles.